The van der Waals surface area contributed by atoms with Crippen LogP contribution in [0, 0.1) is 0 Å². The fourth-order valence-electron chi connectivity index (χ4n) is 7.60. The van der Waals surface area contributed by atoms with Gasteiger partial charge in [-0.25, -0.2) is 33.3 Å². The molecule has 30 heteroatoms. The van der Waals surface area contributed by atoms with Crippen molar-refractivity contribution in [2.45, 2.75) is 162 Å². The zero-order valence-electron chi connectivity index (χ0n) is 48.1. The van der Waals surface area contributed by atoms with E-state index in [2.05, 4.69) is 46.6 Å². The Morgan fingerprint density at radius 1 is 0.819 bits per heavy atom. The summed E-state index contributed by atoms with van der Waals surface area (Å²) in [4.78, 5) is 110. The van der Waals surface area contributed by atoms with Crippen molar-refractivity contribution < 1.29 is 75.1 Å². The van der Waals surface area contributed by atoms with Crippen LogP contribution in [0.15, 0.2) is 82.4 Å². The number of rotatable bonds is 19. The van der Waals surface area contributed by atoms with E-state index in [0.29, 0.717) is 11.1 Å². The van der Waals surface area contributed by atoms with E-state index in [1.54, 1.807) is 132 Å². The zero-order valence-corrected chi connectivity index (χ0v) is 49.7. The average Bonchev–Trinajstić information content (AvgIpc) is 3.63. The lowest BCUT2D eigenvalue weighted by molar-refractivity contribution is -0.164. The SMILES string of the molecule is CC(C)(C)OC(=O)N=C(NC(=O)OC(C)(C)C)N(CCCNC(=O)OC(C)(C)C)Cc1cnn(C[C@@H]2[C@H](NC(=O)C(=NOC3(C(=O)OC(c4ccccc4)c4ccccc4)CC3)c3csc(NC(=O)OC(C)(C)C)n3)C(=O)N2S(=O)(=O)O)n1. The van der Waals surface area contributed by atoms with Crippen molar-refractivity contribution in [1.29, 1.82) is 0 Å². The van der Waals surface area contributed by atoms with Gasteiger partial charge in [0.25, 0.3) is 11.8 Å². The summed E-state index contributed by atoms with van der Waals surface area (Å²) >= 11 is 0.859. The molecule has 5 N–H and O–H groups in total. The Kier molecular flexibility index (Phi) is 20.0. The van der Waals surface area contributed by atoms with Gasteiger partial charge in [-0.2, -0.15) is 23.4 Å². The van der Waals surface area contributed by atoms with Crippen LogP contribution in [0.1, 0.15) is 131 Å². The van der Waals surface area contributed by atoms with Gasteiger partial charge in [0.2, 0.25) is 11.6 Å². The lowest BCUT2D eigenvalue weighted by Crippen LogP contribution is -2.73. The first-order valence-electron chi connectivity index (χ1n) is 26.1. The third-order valence-corrected chi connectivity index (χ3v) is 12.9. The van der Waals surface area contributed by atoms with Crippen molar-refractivity contribution in [1.82, 2.24) is 45.1 Å². The quantitative estimate of drug-likeness (QED) is 0.00990. The van der Waals surface area contributed by atoms with Gasteiger partial charge in [0.05, 0.1) is 19.3 Å². The molecule has 4 aromatic rings. The molecule has 2 atom stereocenters. The summed E-state index contributed by atoms with van der Waals surface area (Å²) in [5.74, 6) is -3.61. The highest BCUT2D eigenvalue weighted by atomic mass is 32.2. The molecule has 6 amide bonds. The minimum Gasteiger partial charge on any atom is -0.450 e. The molecule has 3 heterocycles. The van der Waals surface area contributed by atoms with Crippen LogP contribution in [0.3, 0.4) is 0 Å². The van der Waals surface area contributed by atoms with E-state index < -0.39 is 111 Å². The molecule has 1 aliphatic heterocycles. The van der Waals surface area contributed by atoms with Crippen LogP contribution < -0.4 is 21.3 Å². The standard InChI is InChI=1S/C53H70N12O16S2/c1-49(2,3)77-45(69)54-26-19-27-63(43(58-46(70)78-50(4,5)6)59-47(71)79-51(7,8)9)29-34-28-55-64(61-34)30-36-38(41(67)65(36)83(73,74)75)57-40(66)37(35-31-82-44(56-35)60-48(72)80-52(10,11)12)62-81-53(24-25-53)42(68)76-39(32-20-15-13-16-21-32)33-22-17-14-18-23-33/h13-18,20-23,28,31,36,38-39H,19,24-27,29-30H2,1-12H3,(H,54,69)(H,57,66)(H,56,60,72)(H,73,74,75)(H,58,59,70,71)/t36-,38+/m1/s1. The second-order valence-electron chi connectivity index (χ2n) is 23.1. The van der Waals surface area contributed by atoms with Crippen LogP contribution >= 0.6 is 11.3 Å². The van der Waals surface area contributed by atoms with E-state index in [1.165, 1.54) is 16.5 Å². The molecule has 0 radical (unpaired) electrons. The summed E-state index contributed by atoms with van der Waals surface area (Å²) in [6, 6.07) is 14.6. The summed E-state index contributed by atoms with van der Waals surface area (Å²) < 4.78 is 63.5. The summed E-state index contributed by atoms with van der Waals surface area (Å²) in [6.07, 6.45) is -2.87. The molecule has 0 unspecified atom stereocenters. The molecule has 1 saturated heterocycles. The zero-order chi connectivity index (χ0) is 61.3. The smallest absolute Gasteiger partial charge is 0.437 e. The fourth-order valence-corrected chi connectivity index (χ4v) is 9.15. The number of β-lactam (4-membered cyclic amide) rings is 1. The van der Waals surface area contributed by atoms with Gasteiger partial charge in [0.15, 0.2) is 16.9 Å². The van der Waals surface area contributed by atoms with E-state index in [0.717, 1.165) is 16.1 Å². The molecule has 6 rings (SSSR count). The third kappa shape index (κ3) is 19.4. The summed E-state index contributed by atoms with van der Waals surface area (Å²) in [6.45, 7) is 18.9. The highest BCUT2D eigenvalue weighted by molar-refractivity contribution is 7.84. The van der Waals surface area contributed by atoms with Crippen LogP contribution in [0.2, 0.25) is 0 Å². The first-order valence-corrected chi connectivity index (χ1v) is 28.4. The predicted octanol–water partition coefficient (Wildman–Crippen LogP) is 6.40. The van der Waals surface area contributed by atoms with E-state index >= 15 is 0 Å². The van der Waals surface area contributed by atoms with Crippen LogP contribution in [0.5, 0.6) is 0 Å². The lowest BCUT2D eigenvalue weighted by atomic mass is 9.98. The molecule has 2 fully saturated rings. The molecule has 2 aromatic heterocycles. The average molecular weight is 1200 g/mol. The molecule has 0 spiro atoms. The maximum atomic E-state index is 14.5. The number of carbonyl (C=O) groups excluding carboxylic acids is 7. The van der Waals surface area contributed by atoms with Crippen LogP contribution in [0.4, 0.5) is 24.3 Å². The Hall–Kier alpha value is -8.25. The Bertz CT molecular complexity index is 3140. The second-order valence-corrected chi connectivity index (χ2v) is 25.2. The van der Waals surface area contributed by atoms with Crippen molar-refractivity contribution in [3.05, 3.63) is 94.8 Å². The maximum Gasteiger partial charge on any atom is 0.437 e. The Morgan fingerprint density at radius 3 is 1.94 bits per heavy atom. The number of carbonyl (C=O) groups is 7. The number of ether oxygens (including phenoxy) is 5. The predicted molar refractivity (Wildman–Crippen MR) is 299 cm³/mol. The van der Waals surface area contributed by atoms with E-state index in [9.17, 15) is 46.5 Å². The minimum absolute atomic E-state index is 0.0306. The van der Waals surface area contributed by atoms with Crippen molar-refractivity contribution in [3.63, 3.8) is 0 Å². The van der Waals surface area contributed by atoms with Crippen LogP contribution in [-0.2, 0) is 66.3 Å². The largest absolute Gasteiger partial charge is 0.450 e. The van der Waals surface area contributed by atoms with Gasteiger partial charge in [-0.05, 0) is 101 Å². The molecule has 2 aliphatic rings. The normalized spacial score (nSPS) is 16.4. The lowest BCUT2D eigenvalue weighted by Gasteiger charge is -2.43. The number of nitrogens with zero attached hydrogens (tertiary/aromatic N) is 8. The molecule has 83 heavy (non-hydrogen) atoms. The number of anilines is 1. The number of benzene rings is 2. The maximum absolute atomic E-state index is 14.5. The van der Waals surface area contributed by atoms with Crippen molar-refractivity contribution >= 4 is 80.6 Å². The highest BCUT2D eigenvalue weighted by Crippen LogP contribution is 2.43. The molecular weight excluding hydrogens is 1120 g/mol. The number of thiazole rings is 1. The number of alkyl carbamates (subject to hydrolysis) is 2. The molecule has 450 valence electrons. The number of aliphatic imine (C=N–C) groups is 1. The van der Waals surface area contributed by atoms with Crippen LogP contribution in [0.25, 0.3) is 0 Å². The fraction of sp³-hybridized carbons (Fsp3) is 0.509. The molecule has 1 aliphatic carbocycles. The van der Waals surface area contributed by atoms with Crippen LogP contribution in [-0.4, -0.2) is 149 Å². The van der Waals surface area contributed by atoms with Crippen molar-refractivity contribution in [2.75, 3.05) is 18.4 Å². The van der Waals surface area contributed by atoms with E-state index in [4.69, 9.17) is 28.5 Å². The molecule has 1 saturated carbocycles. The van der Waals surface area contributed by atoms with Gasteiger partial charge >= 0.3 is 40.6 Å². The number of amides is 6. The third-order valence-electron chi connectivity index (χ3n) is 11.2. The highest BCUT2D eigenvalue weighted by Gasteiger charge is 2.57. The van der Waals surface area contributed by atoms with Gasteiger partial charge < -0.3 is 44.1 Å². The summed E-state index contributed by atoms with van der Waals surface area (Å²) in [5, 5.41) is 24.1. The van der Waals surface area contributed by atoms with E-state index in [-0.39, 0.29) is 65.7 Å². The first-order chi connectivity index (χ1) is 38.6. The second kappa shape index (κ2) is 25.9. The molecule has 28 nitrogen and oxygen atoms in total. The number of hydrogen-bond donors (Lipinski definition) is 5. The van der Waals surface area contributed by atoms with Gasteiger partial charge in [0, 0.05) is 31.3 Å². The van der Waals surface area contributed by atoms with Crippen molar-refractivity contribution in [2.24, 2.45) is 10.1 Å². The minimum atomic E-state index is -5.29. The topological polar surface area (TPSA) is 352 Å². The molecular formula is C53H70N12O16S2. The number of hydrogen-bond acceptors (Lipinski definition) is 20. The Balaban J connectivity index is 1.28. The summed E-state index contributed by atoms with van der Waals surface area (Å²) in [7, 11) is -5.29. The number of oxime groups is 1. The van der Waals surface area contributed by atoms with E-state index in [1.807, 2.05) is 12.1 Å². The number of nitrogens with one attached hydrogen (secondary N) is 4. The number of guanidine groups is 1. The summed E-state index contributed by atoms with van der Waals surface area (Å²) in [5.41, 5.74) is -4.76. The Morgan fingerprint density at radius 2 is 1.39 bits per heavy atom. The number of esters is 1. The first kappa shape index (κ1) is 63.9. The van der Waals surface area contributed by atoms with Gasteiger partial charge in [0.1, 0.15) is 45.9 Å². The van der Waals surface area contributed by atoms with Crippen molar-refractivity contribution in [3.8, 4) is 0 Å². The molecule has 0 bridgehead atoms. The number of aromatic nitrogens is 4. The van der Waals surface area contributed by atoms with Gasteiger partial charge in [-0.15, -0.1) is 16.3 Å². The Labute approximate surface area is 483 Å². The van der Waals surface area contributed by atoms with Gasteiger partial charge in [-0.1, -0.05) is 65.8 Å². The monoisotopic (exact) mass is 1190 g/mol. The molecule has 2 aromatic carbocycles. The van der Waals surface area contributed by atoms with Gasteiger partial charge in [-0.3, -0.25) is 24.8 Å².